The first-order chi connectivity index (χ1) is 72.2. The minimum absolute atomic E-state index is 0.0120. The number of hydrogen-bond donors (Lipinski definition) is 3. The summed E-state index contributed by atoms with van der Waals surface area (Å²) in [5, 5.41) is 96.5. The number of nitro groups is 6. The summed E-state index contributed by atoms with van der Waals surface area (Å²) in [6, 6.07) is 115. The normalized spacial score (nSPS) is 10.6. The third-order valence-electron chi connectivity index (χ3n) is 23.0. The average molecular weight is 2170 g/mol. The summed E-state index contributed by atoms with van der Waals surface area (Å²) in [5.74, 6) is -1.54. The molecule has 0 saturated carbocycles. The molecule has 0 fully saturated rings. The Morgan fingerprint density at radius 2 is 0.560 bits per heavy atom. The molecular weight excluding hydrogens is 2100 g/mol. The summed E-state index contributed by atoms with van der Waals surface area (Å²) in [6.45, 7) is 0. The number of nitrogens with zero attached hydrogens (tertiary/aromatic N) is 6. The fourth-order valence-electron chi connectivity index (χ4n) is 16.2. The Labute approximate surface area is 885 Å². The van der Waals surface area contributed by atoms with Crippen LogP contribution in [-0.2, 0) is 0 Å². The van der Waals surface area contributed by atoms with Gasteiger partial charge >= 0.3 is 7.12 Å². The van der Waals surface area contributed by atoms with Crippen molar-refractivity contribution in [3.8, 4) is 157 Å². The maximum Gasteiger partial charge on any atom is 0.489 e. The van der Waals surface area contributed by atoms with Gasteiger partial charge in [-0.25, -0.2) is 22.0 Å². The first kappa shape index (κ1) is 108. The van der Waals surface area contributed by atoms with Gasteiger partial charge in [-0.15, -0.1) is 0 Å². The largest absolute Gasteiger partial charge is 0.507 e. The van der Waals surface area contributed by atoms with Gasteiger partial charge in [0.25, 0.3) is 34.1 Å². The van der Waals surface area contributed by atoms with Crippen LogP contribution in [0, 0.1) is 89.8 Å². The summed E-state index contributed by atoms with van der Waals surface area (Å²) in [4.78, 5) is 63.7. The lowest BCUT2D eigenvalue weighted by molar-refractivity contribution is -0.385. The van der Waals surface area contributed by atoms with Crippen LogP contribution < -0.4 is 14.9 Å². The maximum atomic E-state index is 14.9. The minimum Gasteiger partial charge on any atom is -0.507 e. The van der Waals surface area contributed by atoms with Gasteiger partial charge in [-0.1, -0.05) is 331 Å². The topological polar surface area (TPSA) is 338 Å². The highest BCUT2D eigenvalue weighted by atomic mass is 79.9. The van der Waals surface area contributed by atoms with Crippen LogP contribution in [0.4, 0.5) is 56.1 Å². The molecule has 0 aromatic heterocycles. The van der Waals surface area contributed by atoms with E-state index in [-0.39, 0.29) is 97.6 Å². The molecule has 1 aliphatic heterocycles. The molecule has 0 amide bonds. The molecule has 0 spiro atoms. The second-order valence-electron chi connectivity index (χ2n) is 32.2. The van der Waals surface area contributed by atoms with Crippen LogP contribution >= 0.6 is 73.9 Å². The number of aromatic hydroxyl groups is 1. The van der Waals surface area contributed by atoms with E-state index in [1.54, 1.807) is 79.9 Å². The molecule has 1 heterocycles. The molecule has 0 bridgehead atoms. The van der Waals surface area contributed by atoms with Gasteiger partial charge in [-0.3, -0.25) is 60.7 Å². The number of hydrogen-bond acceptors (Lipinski definition) is 17. The standard InChI is InChI=1S/C25H18FNO3.C24H16FNO3.C24H15NO3.C18H11ClFNO2.C12H6Cl2FNO2.C6H5BCl2O2.C6H3BrFNO2/c1-30-24-13-6-5-10-19(24)21-16-18(17-8-3-2-4-9-17)14-15-20(21)25-22(26)11-7-12-23(25)27(28)29;25-21-10-6-11-22(26(28)29)24(21)19-14-13-17(16-7-2-1-3-8-16)15-20(19)18-9-4-5-12-23(18)27;26-25(27)21-10-6-12-23-24(21)19-14-13-17(16-7-2-1-3-8-16)15-20(19)18-9-4-5-11-22(18)28-23;19-15-11-13(12-5-2-1-3-6-12)9-10-14(15)18-16(20)7-4-8-17(18)21(22)23;13-7-4-5-8(9(14)6-7)12-10(15)2-1-3-11(12)16(17)18;8-4-1-2-5(7(10)11)6(9)3-4;7-6-4(8)2-1-3-5(6)9(10)11/h2-16H,1H3;1-15,27H;1-15H;1-11H;1-6H;1-3,10-11H;1-3H. The molecule has 35 heteroatoms. The third-order valence-corrected chi connectivity index (χ3v) is 25.3. The Kier molecular flexibility index (Phi) is 36.2. The van der Waals surface area contributed by atoms with E-state index in [9.17, 15) is 87.7 Å². The number of rotatable bonds is 18. The highest BCUT2D eigenvalue weighted by molar-refractivity contribution is 9.10. The molecule has 20 rings (SSSR count). The van der Waals surface area contributed by atoms with E-state index in [2.05, 4.69) is 34.1 Å². The van der Waals surface area contributed by atoms with Crippen molar-refractivity contribution in [2.45, 2.75) is 0 Å². The van der Waals surface area contributed by atoms with Crippen molar-refractivity contribution in [3.05, 3.63) is 532 Å². The number of phenolic OH excluding ortho intramolecular Hbond substituents is 1. The predicted molar refractivity (Wildman–Crippen MR) is 581 cm³/mol. The number of ether oxygens (including phenoxy) is 2. The van der Waals surface area contributed by atoms with Crippen LogP contribution in [0.2, 0.25) is 25.1 Å². The lowest BCUT2D eigenvalue weighted by atomic mass is 9.80. The number of para-hydroxylation sites is 3. The smallest absolute Gasteiger partial charge is 0.489 e. The van der Waals surface area contributed by atoms with Gasteiger partial charge in [-0.2, -0.15) is 0 Å². The molecule has 0 unspecified atom stereocenters. The maximum absolute atomic E-state index is 14.9. The Hall–Kier alpha value is -17.5. The molecule has 150 heavy (non-hydrogen) atoms. The van der Waals surface area contributed by atoms with Crippen molar-refractivity contribution in [2.24, 2.45) is 0 Å². The molecule has 0 radical (unpaired) electrons. The lowest BCUT2D eigenvalue weighted by Crippen LogP contribution is -2.30. The zero-order valence-corrected chi connectivity index (χ0v) is 83.1. The van der Waals surface area contributed by atoms with Crippen molar-refractivity contribution in [1.29, 1.82) is 0 Å². The van der Waals surface area contributed by atoms with E-state index in [0.29, 0.717) is 66.2 Å². The minimum atomic E-state index is -1.54. The Morgan fingerprint density at radius 3 is 0.940 bits per heavy atom. The highest BCUT2D eigenvalue weighted by Gasteiger charge is 2.32. The van der Waals surface area contributed by atoms with E-state index in [1.807, 2.05) is 188 Å². The fraction of sp³-hybridized carbons (Fsp3) is 0.00870. The third kappa shape index (κ3) is 25.8. The molecule has 0 aliphatic carbocycles. The van der Waals surface area contributed by atoms with E-state index >= 15 is 0 Å². The average Bonchev–Trinajstić information content (AvgIpc) is 1.41. The molecule has 746 valence electrons. The zero-order chi connectivity index (χ0) is 107. The Bertz CT molecular complexity index is 8300. The molecular formula is C115H74BBrCl5F5N6O17. The van der Waals surface area contributed by atoms with Gasteiger partial charge in [0.15, 0.2) is 0 Å². The lowest BCUT2D eigenvalue weighted by Gasteiger charge is -2.16. The molecule has 0 saturated heterocycles. The first-order valence-electron chi connectivity index (χ1n) is 44.7. The second kappa shape index (κ2) is 50.1. The summed E-state index contributed by atoms with van der Waals surface area (Å²) >= 11 is 31.9. The van der Waals surface area contributed by atoms with Crippen LogP contribution in [0.5, 0.6) is 23.0 Å². The van der Waals surface area contributed by atoms with E-state index in [1.165, 1.54) is 121 Å². The number of phenols is 1. The first-order valence-corrected chi connectivity index (χ1v) is 47.4. The van der Waals surface area contributed by atoms with E-state index in [0.717, 1.165) is 78.9 Å². The number of halogens is 11. The quantitative estimate of drug-likeness (QED) is 0.0311. The van der Waals surface area contributed by atoms with Crippen molar-refractivity contribution in [2.75, 3.05) is 7.11 Å². The van der Waals surface area contributed by atoms with Gasteiger partial charge in [0.2, 0.25) is 0 Å². The van der Waals surface area contributed by atoms with Gasteiger partial charge in [0, 0.05) is 95.3 Å². The van der Waals surface area contributed by atoms with Gasteiger partial charge < -0.3 is 24.6 Å². The van der Waals surface area contributed by atoms with Crippen LogP contribution in [0.1, 0.15) is 0 Å². The van der Waals surface area contributed by atoms with Crippen molar-refractivity contribution >= 4 is 121 Å². The molecule has 1 aliphatic rings. The Balaban J connectivity index is 0.000000141. The zero-order valence-electron chi connectivity index (χ0n) is 77.7. The van der Waals surface area contributed by atoms with Crippen LogP contribution in [0.15, 0.2) is 417 Å². The summed E-state index contributed by atoms with van der Waals surface area (Å²) in [5.41, 5.74) is 12.9. The molecule has 19 aromatic rings. The summed E-state index contributed by atoms with van der Waals surface area (Å²) < 4.78 is 81.6. The predicted octanol–water partition coefficient (Wildman–Crippen LogP) is 33.5. The number of nitro benzene ring substituents is 6. The van der Waals surface area contributed by atoms with E-state index in [4.69, 9.17) is 77.5 Å². The monoisotopic (exact) mass is 2170 g/mol. The van der Waals surface area contributed by atoms with Gasteiger partial charge in [0.05, 0.1) is 63.9 Å². The molecule has 3 N–H and O–H groups in total. The molecule has 0 atom stereocenters. The van der Waals surface area contributed by atoms with Crippen LogP contribution in [-0.4, -0.2) is 58.9 Å². The molecule has 23 nitrogen and oxygen atoms in total. The van der Waals surface area contributed by atoms with Gasteiger partial charge in [-0.05, 0) is 191 Å². The van der Waals surface area contributed by atoms with Crippen LogP contribution in [0.25, 0.3) is 134 Å². The van der Waals surface area contributed by atoms with E-state index < -0.39 is 60.8 Å². The van der Waals surface area contributed by atoms with Crippen molar-refractivity contribution in [1.82, 2.24) is 0 Å². The number of methoxy groups -OCH3 is 1. The number of benzene rings is 19. The number of fused-ring (bicyclic) bond motifs is 5. The van der Waals surface area contributed by atoms with Gasteiger partial charge in [0.1, 0.15) is 62.1 Å². The van der Waals surface area contributed by atoms with Crippen molar-refractivity contribution in [3.63, 3.8) is 0 Å². The summed E-state index contributed by atoms with van der Waals surface area (Å²) in [7, 11) is 0.0187. The van der Waals surface area contributed by atoms with Crippen LogP contribution in [0.3, 0.4) is 0 Å². The Morgan fingerprint density at radius 1 is 0.267 bits per heavy atom. The fourth-order valence-corrected chi connectivity index (χ4v) is 17.9. The SMILES string of the molecule is COc1ccccc1-c1cc(-c2ccccc2)ccc1-c1c(F)cccc1[N+](=O)[O-].O=[N+]([O-])c1cccc(F)c1-c1ccc(-c2ccccc2)cc1-c1ccccc1O.O=[N+]([O-])c1cccc(F)c1-c1ccc(-c2ccccc2)cc1Cl.O=[N+]([O-])c1cccc(F)c1-c1ccc(Cl)cc1Cl.O=[N+]([O-])c1cccc(F)c1Br.O=[N+]([O-])c1cccc2c1-c1ccc(-c3ccccc3)cc1-c1ccccc1O2.OB(O)c1ccc(Cl)cc1Cl. The second-order valence-corrected chi connectivity index (χ2v) is 35.1. The van der Waals surface area contributed by atoms with Crippen molar-refractivity contribution < 1.29 is 76.1 Å². The summed E-state index contributed by atoms with van der Waals surface area (Å²) in [6.07, 6.45) is 0. The molecule has 19 aromatic carbocycles. The highest BCUT2D eigenvalue weighted by Crippen LogP contribution is 2.53.